The van der Waals surface area contributed by atoms with Crippen LogP contribution >= 0.6 is 0 Å². The van der Waals surface area contributed by atoms with Gasteiger partial charge in [-0.15, -0.1) is 0 Å². The highest BCUT2D eigenvalue weighted by molar-refractivity contribution is 5.81. The molecule has 0 aliphatic rings. The van der Waals surface area contributed by atoms with E-state index < -0.39 is 46.4 Å². The third kappa shape index (κ3) is 10.7. The zero-order valence-corrected chi connectivity index (χ0v) is 18.3. The van der Waals surface area contributed by atoms with E-state index >= 15 is 0 Å². The Kier molecular flexibility index (Phi) is 7.74. The Hall–Kier alpha value is -1.99. The molecule has 8 heteroatoms. The Labute approximate surface area is 162 Å². The van der Waals surface area contributed by atoms with Crippen molar-refractivity contribution in [2.45, 2.75) is 98.4 Å². The van der Waals surface area contributed by atoms with Crippen molar-refractivity contribution in [3.05, 3.63) is 0 Å². The minimum atomic E-state index is -1.20. The maximum atomic E-state index is 12.1. The van der Waals surface area contributed by atoms with Gasteiger partial charge in [-0.1, -0.05) is 13.8 Å². The molecule has 0 heterocycles. The van der Waals surface area contributed by atoms with Crippen LogP contribution in [0.1, 0.15) is 75.7 Å². The van der Waals surface area contributed by atoms with Crippen LogP contribution in [0.5, 0.6) is 0 Å². The number of carbonyl (C=O) groups is 3. The van der Waals surface area contributed by atoms with Crippen LogP contribution in [0.15, 0.2) is 0 Å². The lowest BCUT2D eigenvalue weighted by Crippen LogP contribution is -2.56. The molecule has 0 aromatic carbocycles. The van der Waals surface area contributed by atoms with Gasteiger partial charge in [0.15, 0.2) is 0 Å². The van der Waals surface area contributed by atoms with E-state index in [2.05, 4.69) is 10.6 Å². The standard InChI is InChI=1S/C19H36N2O6/c1-16(2,3)26-14(24)20-12(13(22)23)18(7,8)11-19(9,10)21-15(25)27-17(4,5)6/h12H,11H2,1-10H3,(H,20,24)(H,21,25)(H,22,23). The smallest absolute Gasteiger partial charge is 0.408 e. The number of hydrogen-bond donors (Lipinski definition) is 3. The number of nitrogens with one attached hydrogen (secondary N) is 2. The van der Waals surface area contributed by atoms with E-state index in [1.807, 2.05) is 0 Å². The van der Waals surface area contributed by atoms with Gasteiger partial charge in [-0.3, -0.25) is 0 Å². The summed E-state index contributed by atoms with van der Waals surface area (Å²) < 4.78 is 10.4. The monoisotopic (exact) mass is 388 g/mol. The van der Waals surface area contributed by atoms with E-state index in [1.54, 1.807) is 69.2 Å². The van der Waals surface area contributed by atoms with Crippen LogP contribution in [-0.4, -0.2) is 46.0 Å². The van der Waals surface area contributed by atoms with Crippen molar-refractivity contribution in [2.75, 3.05) is 0 Å². The van der Waals surface area contributed by atoms with E-state index in [1.165, 1.54) is 0 Å². The normalized spacial score (nSPS) is 14.1. The third-order valence-corrected chi connectivity index (χ3v) is 3.43. The average molecular weight is 389 g/mol. The lowest BCUT2D eigenvalue weighted by atomic mass is 9.74. The second-order valence-electron chi connectivity index (χ2n) is 10.1. The fourth-order valence-electron chi connectivity index (χ4n) is 2.88. The van der Waals surface area contributed by atoms with Gasteiger partial charge in [0.1, 0.15) is 17.2 Å². The zero-order chi connectivity index (χ0) is 21.8. The number of ether oxygens (including phenoxy) is 2. The van der Waals surface area contributed by atoms with Crippen molar-refractivity contribution >= 4 is 18.2 Å². The molecule has 0 aliphatic heterocycles. The molecule has 8 nitrogen and oxygen atoms in total. The van der Waals surface area contributed by atoms with E-state index in [-0.39, 0.29) is 6.42 Å². The molecule has 0 rings (SSSR count). The van der Waals surface area contributed by atoms with Crippen LogP contribution in [0, 0.1) is 5.41 Å². The lowest BCUT2D eigenvalue weighted by molar-refractivity contribution is -0.143. The number of aliphatic carboxylic acids is 1. The SMILES string of the molecule is CC(C)(CC(C)(C)C(NC(=O)OC(C)(C)C)C(=O)O)NC(=O)OC(C)(C)C. The zero-order valence-electron chi connectivity index (χ0n) is 18.3. The van der Waals surface area contributed by atoms with Gasteiger partial charge in [0.05, 0.1) is 0 Å². The van der Waals surface area contributed by atoms with E-state index in [4.69, 9.17) is 9.47 Å². The van der Waals surface area contributed by atoms with Gasteiger partial charge in [0.25, 0.3) is 0 Å². The molecule has 0 saturated carbocycles. The van der Waals surface area contributed by atoms with Crippen molar-refractivity contribution in [1.82, 2.24) is 10.6 Å². The average Bonchev–Trinajstić information content (AvgIpc) is 2.27. The van der Waals surface area contributed by atoms with Gasteiger partial charge < -0.3 is 25.2 Å². The highest BCUT2D eigenvalue weighted by atomic mass is 16.6. The summed E-state index contributed by atoms with van der Waals surface area (Å²) in [6, 6.07) is -1.20. The molecule has 2 amide bonds. The number of hydrogen-bond acceptors (Lipinski definition) is 5. The van der Waals surface area contributed by atoms with Crippen LogP contribution < -0.4 is 10.6 Å². The first-order chi connectivity index (χ1) is 11.7. The summed E-state index contributed by atoms with van der Waals surface area (Å²) in [4.78, 5) is 35.9. The second kappa shape index (κ2) is 8.35. The Bertz CT molecular complexity index is 556. The molecular formula is C19H36N2O6. The molecule has 0 aromatic rings. The van der Waals surface area contributed by atoms with Crippen LogP contribution in [0.4, 0.5) is 9.59 Å². The molecular weight excluding hydrogens is 352 g/mol. The quantitative estimate of drug-likeness (QED) is 0.639. The highest BCUT2D eigenvalue weighted by Crippen LogP contribution is 2.32. The number of rotatable bonds is 6. The number of alkyl carbamates (subject to hydrolysis) is 2. The fraction of sp³-hybridized carbons (Fsp3) is 0.842. The van der Waals surface area contributed by atoms with Crippen LogP contribution in [0.2, 0.25) is 0 Å². The van der Waals surface area contributed by atoms with Crippen molar-refractivity contribution in [1.29, 1.82) is 0 Å². The van der Waals surface area contributed by atoms with Gasteiger partial charge in [0.2, 0.25) is 0 Å². The van der Waals surface area contributed by atoms with Crippen LogP contribution in [-0.2, 0) is 14.3 Å². The molecule has 0 radical (unpaired) electrons. The number of amides is 2. The summed E-state index contributed by atoms with van der Waals surface area (Å²) in [7, 11) is 0. The van der Waals surface area contributed by atoms with E-state index in [0.717, 1.165) is 0 Å². The molecule has 0 aromatic heterocycles. The first kappa shape index (κ1) is 25.0. The molecule has 1 atom stereocenters. The van der Waals surface area contributed by atoms with Gasteiger partial charge >= 0.3 is 18.2 Å². The van der Waals surface area contributed by atoms with Gasteiger partial charge in [-0.05, 0) is 67.2 Å². The van der Waals surface area contributed by atoms with Gasteiger partial charge in [-0.2, -0.15) is 0 Å². The molecule has 3 N–H and O–H groups in total. The number of carboxylic acid groups (broad SMARTS) is 1. The Morgan fingerprint density at radius 1 is 0.815 bits per heavy atom. The van der Waals surface area contributed by atoms with Gasteiger partial charge in [0, 0.05) is 5.54 Å². The molecule has 0 spiro atoms. The summed E-state index contributed by atoms with van der Waals surface area (Å²) in [5.74, 6) is -1.18. The number of carboxylic acids is 1. The molecule has 0 fully saturated rings. The van der Waals surface area contributed by atoms with Crippen molar-refractivity contribution < 1.29 is 29.0 Å². The van der Waals surface area contributed by atoms with Crippen molar-refractivity contribution in [3.8, 4) is 0 Å². The topological polar surface area (TPSA) is 114 Å². The van der Waals surface area contributed by atoms with Crippen LogP contribution in [0.3, 0.4) is 0 Å². The van der Waals surface area contributed by atoms with Crippen LogP contribution in [0.25, 0.3) is 0 Å². The van der Waals surface area contributed by atoms with Gasteiger partial charge in [-0.25, -0.2) is 14.4 Å². The fourth-order valence-corrected chi connectivity index (χ4v) is 2.88. The van der Waals surface area contributed by atoms with Crippen molar-refractivity contribution in [3.63, 3.8) is 0 Å². The Balaban J connectivity index is 5.21. The predicted molar refractivity (Wildman–Crippen MR) is 103 cm³/mol. The Morgan fingerprint density at radius 3 is 1.59 bits per heavy atom. The molecule has 1 unspecified atom stereocenters. The largest absolute Gasteiger partial charge is 0.480 e. The molecule has 0 bridgehead atoms. The van der Waals surface area contributed by atoms with E-state index in [9.17, 15) is 19.5 Å². The summed E-state index contributed by atoms with van der Waals surface area (Å²) in [6.07, 6.45) is -1.12. The third-order valence-electron chi connectivity index (χ3n) is 3.43. The summed E-state index contributed by atoms with van der Waals surface area (Å²) >= 11 is 0. The molecule has 158 valence electrons. The Morgan fingerprint density at radius 2 is 1.22 bits per heavy atom. The second-order valence-corrected chi connectivity index (χ2v) is 10.1. The minimum Gasteiger partial charge on any atom is -0.480 e. The maximum absolute atomic E-state index is 12.1. The maximum Gasteiger partial charge on any atom is 0.408 e. The predicted octanol–water partition coefficient (Wildman–Crippen LogP) is 3.68. The first-order valence-electron chi connectivity index (χ1n) is 8.98. The number of carbonyl (C=O) groups excluding carboxylic acids is 2. The summed E-state index contributed by atoms with van der Waals surface area (Å²) in [5, 5.41) is 14.8. The summed E-state index contributed by atoms with van der Waals surface area (Å²) in [6.45, 7) is 17.3. The molecule has 27 heavy (non-hydrogen) atoms. The summed E-state index contributed by atoms with van der Waals surface area (Å²) in [5.41, 5.74) is -3.04. The lowest BCUT2D eigenvalue weighted by Gasteiger charge is -2.39. The molecule has 0 aliphatic carbocycles. The minimum absolute atomic E-state index is 0.270. The van der Waals surface area contributed by atoms with E-state index in [0.29, 0.717) is 0 Å². The van der Waals surface area contributed by atoms with Crippen molar-refractivity contribution in [2.24, 2.45) is 5.41 Å². The molecule has 0 saturated heterocycles. The highest BCUT2D eigenvalue weighted by Gasteiger charge is 2.42. The first-order valence-corrected chi connectivity index (χ1v) is 8.98.